The van der Waals surface area contributed by atoms with Crippen molar-refractivity contribution in [3.05, 3.63) is 48.3 Å². The predicted molar refractivity (Wildman–Crippen MR) is 105 cm³/mol. The van der Waals surface area contributed by atoms with Crippen LogP contribution in [0, 0.1) is 11.8 Å². The van der Waals surface area contributed by atoms with Crippen molar-refractivity contribution < 1.29 is 17.9 Å². The molecule has 1 aromatic carbocycles. The van der Waals surface area contributed by atoms with E-state index in [-0.39, 0.29) is 23.6 Å². The second-order valence-corrected chi connectivity index (χ2v) is 9.65. The van der Waals surface area contributed by atoms with Crippen LogP contribution in [0.1, 0.15) is 38.7 Å². The molecule has 0 N–H and O–H groups in total. The summed E-state index contributed by atoms with van der Waals surface area (Å²) in [4.78, 5) is 4.26. The summed E-state index contributed by atoms with van der Waals surface area (Å²) in [7, 11) is -3.67. The first-order chi connectivity index (χ1) is 13.5. The van der Waals surface area contributed by atoms with E-state index in [1.54, 1.807) is 22.6 Å². The van der Waals surface area contributed by atoms with Crippen LogP contribution in [0.25, 0.3) is 0 Å². The Kier molecular flexibility index (Phi) is 5.29. The number of rotatable bonds is 5. The Balaban J connectivity index is 1.71. The molecule has 3 atom stereocenters. The Bertz CT molecular complexity index is 933. The maximum absolute atomic E-state index is 13.6. The number of hydrogen-bond acceptors (Lipinski definition) is 5. The van der Waals surface area contributed by atoms with Crippen molar-refractivity contribution in [3.63, 3.8) is 0 Å². The highest BCUT2D eigenvalue weighted by atomic mass is 32.2. The second kappa shape index (κ2) is 7.72. The predicted octanol–water partition coefficient (Wildman–Crippen LogP) is 3.83. The number of ether oxygens (including phenoxy) is 2. The van der Waals surface area contributed by atoms with Crippen LogP contribution in [0.3, 0.4) is 0 Å². The van der Waals surface area contributed by atoms with E-state index in [1.807, 2.05) is 18.2 Å². The van der Waals surface area contributed by atoms with E-state index in [9.17, 15) is 8.42 Å². The van der Waals surface area contributed by atoms with Crippen molar-refractivity contribution >= 4 is 10.0 Å². The lowest BCUT2D eigenvalue weighted by atomic mass is 9.78. The first kappa shape index (κ1) is 19.2. The molecule has 2 aliphatic rings. The van der Waals surface area contributed by atoms with Crippen molar-refractivity contribution in [2.45, 2.75) is 50.6 Å². The Hall–Kier alpha value is -2.12. The fourth-order valence-electron chi connectivity index (χ4n) is 4.20. The molecular weight excluding hydrogens is 376 g/mol. The highest BCUT2D eigenvalue weighted by Gasteiger charge is 2.38. The summed E-state index contributed by atoms with van der Waals surface area (Å²) in [6.45, 7) is 4.88. The van der Waals surface area contributed by atoms with Crippen LogP contribution >= 0.6 is 0 Å². The van der Waals surface area contributed by atoms with Gasteiger partial charge in [0.15, 0.2) is 11.5 Å². The molecule has 0 spiro atoms. The quantitative estimate of drug-likeness (QED) is 0.760. The Morgan fingerprint density at radius 2 is 1.96 bits per heavy atom. The van der Waals surface area contributed by atoms with Crippen LogP contribution < -0.4 is 9.47 Å². The first-order valence-corrected chi connectivity index (χ1v) is 11.2. The maximum atomic E-state index is 13.6. The molecule has 0 bridgehead atoms. The van der Waals surface area contributed by atoms with Gasteiger partial charge in [0.25, 0.3) is 0 Å². The Labute approximate surface area is 166 Å². The first-order valence-electron chi connectivity index (χ1n) is 9.77. The zero-order valence-corrected chi connectivity index (χ0v) is 17.1. The molecule has 1 fully saturated rings. The number of pyridine rings is 1. The smallest absolute Gasteiger partial charge is 0.245 e. The maximum Gasteiger partial charge on any atom is 0.245 e. The molecule has 7 heteroatoms. The monoisotopic (exact) mass is 402 g/mol. The highest BCUT2D eigenvalue weighted by molar-refractivity contribution is 7.89. The fraction of sp³-hybridized carbons (Fsp3) is 0.476. The van der Waals surface area contributed by atoms with Crippen LogP contribution in [-0.2, 0) is 16.6 Å². The van der Waals surface area contributed by atoms with Crippen LogP contribution in [0.4, 0.5) is 0 Å². The van der Waals surface area contributed by atoms with Gasteiger partial charge in [-0.15, -0.1) is 0 Å². The molecule has 1 aliphatic carbocycles. The van der Waals surface area contributed by atoms with Gasteiger partial charge in [-0.05, 0) is 48.1 Å². The largest absolute Gasteiger partial charge is 0.454 e. The van der Waals surface area contributed by atoms with E-state index in [4.69, 9.17) is 9.47 Å². The summed E-state index contributed by atoms with van der Waals surface area (Å²) in [6.07, 6.45) is 6.07. The molecule has 2 heterocycles. The van der Waals surface area contributed by atoms with Crippen LogP contribution in [-0.4, -0.2) is 30.5 Å². The van der Waals surface area contributed by atoms with Crippen molar-refractivity contribution in [1.82, 2.24) is 9.29 Å². The van der Waals surface area contributed by atoms with Gasteiger partial charge < -0.3 is 9.47 Å². The zero-order chi connectivity index (χ0) is 19.7. The third kappa shape index (κ3) is 3.61. The summed E-state index contributed by atoms with van der Waals surface area (Å²) in [5.74, 6) is 2.14. The lowest BCUT2D eigenvalue weighted by Crippen LogP contribution is -2.46. The Morgan fingerprint density at radius 1 is 1.14 bits per heavy atom. The van der Waals surface area contributed by atoms with Gasteiger partial charge in [-0.2, -0.15) is 4.31 Å². The molecule has 1 aromatic heterocycles. The number of hydrogen-bond donors (Lipinski definition) is 0. The van der Waals surface area contributed by atoms with Gasteiger partial charge >= 0.3 is 0 Å². The minimum atomic E-state index is -3.67. The molecule has 2 aromatic rings. The van der Waals surface area contributed by atoms with E-state index in [1.165, 1.54) is 6.20 Å². The lowest BCUT2D eigenvalue weighted by molar-refractivity contribution is 0.138. The molecule has 150 valence electrons. The second-order valence-electron chi connectivity index (χ2n) is 7.76. The Morgan fingerprint density at radius 3 is 2.75 bits per heavy atom. The highest BCUT2D eigenvalue weighted by Crippen LogP contribution is 2.38. The van der Waals surface area contributed by atoms with E-state index in [0.29, 0.717) is 24.0 Å². The van der Waals surface area contributed by atoms with E-state index >= 15 is 0 Å². The average molecular weight is 403 g/mol. The number of fused-ring (bicyclic) bond motifs is 1. The van der Waals surface area contributed by atoms with E-state index < -0.39 is 10.0 Å². The number of aromatic nitrogens is 1. The summed E-state index contributed by atoms with van der Waals surface area (Å²) in [5.41, 5.74) is 0.891. The van der Waals surface area contributed by atoms with Gasteiger partial charge in [0.2, 0.25) is 16.8 Å². The van der Waals surface area contributed by atoms with E-state index in [0.717, 1.165) is 24.8 Å². The summed E-state index contributed by atoms with van der Waals surface area (Å²) < 4.78 is 39.6. The summed E-state index contributed by atoms with van der Waals surface area (Å²) in [6, 6.07) is 8.88. The zero-order valence-electron chi connectivity index (χ0n) is 16.2. The molecule has 0 radical (unpaired) electrons. The molecule has 1 saturated carbocycles. The third-order valence-corrected chi connectivity index (χ3v) is 7.90. The van der Waals surface area contributed by atoms with Crippen LogP contribution in [0.5, 0.6) is 11.5 Å². The lowest BCUT2D eigenvalue weighted by Gasteiger charge is -2.40. The van der Waals surface area contributed by atoms with Crippen molar-refractivity contribution in [3.8, 4) is 11.5 Å². The van der Waals surface area contributed by atoms with Gasteiger partial charge in [0, 0.05) is 25.0 Å². The summed E-state index contributed by atoms with van der Waals surface area (Å²) >= 11 is 0. The molecule has 0 unspecified atom stereocenters. The van der Waals surface area contributed by atoms with Crippen molar-refractivity contribution in [2.24, 2.45) is 11.8 Å². The number of benzene rings is 1. The SMILES string of the molecule is C[C@@H]1[C@H](C)CCC[C@H]1N(Cc1ccc2c(c1)OCO2)S(=O)(=O)c1cccnc1. The van der Waals surface area contributed by atoms with Gasteiger partial charge in [0.05, 0.1) is 0 Å². The number of nitrogens with zero attached hydrogens (tertiary/aromatic N) is 2. The molecular formula is C21H26N2O4S. The van der Waals surface area contributed by atoms with Crippen LogP contribution in [0.15, 0.2) is 47.6 Å². The van der Waals surface area contributed by atoms with Gasteiger partial charge in [-0.25, -0.2) is 8.42 Å². The van der Waals surface area contributed by atoms with Crippen molar-refractivity contribution in [1.29, 1.82) is 0 Å². The van der Waals surface area contributed by atoms with Crippen molar-refractivity contribution in [2.75, 3.05) is 6.79 Å². The molecule has 0 saturated heterocycles. The van der Waals surface area contributed by atoms with Crippen LogP contribution in [0.2, 0.25) is 0 Å². The molecule has 0 amide bonds. The molecule has 28 heavy (non-hydrogen) atoms. The summed E-state index contributed by atoms with van der Waals surface area (Å²) in [5, 5.41) is 0. The van der Waals surface area contributed by atoms with Gasteiger partial charge in [-0.3, -0.25) is 4.98 Å². The number of sulfonamides is 1. The third-order valence-electron chi connectivity index (χ3n) is 6.05. The van der Waals surface area contributed by atoms with Gasteiger partial charge in [0.1, 0.15) is 4.90 Å². The average Bonchev–Trinajstić information content (AvgIpc) is 3.17. The fourth-order valence-corrected chi connectivity index (χ4v) is 5.88. The minimum absolute atomic E-state index is 0.0422. The standard InChI is InChI=1S/C21H26N2O4S/c1-15-5-3-7-19(16(15)2)23(28(24,25)18-6-4-10-22-12-18)13-17-8-9-20-21(11-17)27-14-26-20/h4,6,8-12,15-16,19H,3,5,7,13-14H2,1-2H3/t15-,16-,19-/m1/s1. The normalized spacial score (nSPS) is 24.5. The van der Waals surface area contributed by atoms with Gasteiger partial charge in [-0.1, -0.05) is 32.8 Å². The molecule has 4 rings (SSSR count). The molecule has 1 aliphatic heterocycles. The van der Waals surface area contributed by atoms with E-state index in [2.05, 4.69) is 18.8 Å². The molecule has 6 nitrogen and oxygen atoms in total. The minimum Gasteiger partial charge on any atom is -0.454 e. The topological polar surface area (TPSA) is 68.7 Å².